The molecule has 0 saturated heterocycles. The van der Waals surface area contributed by atoms with Crippen LogP contribution in [0.25, 0.3) is 76.9 Å². The highest BCUT2D eigenvalue weighted by atomic mass is 16.3. The summed E-state index contributed by atoms with van der Waals surface area (Å²) in [6.45, 7) is 0. The third-order valence-electron chi connectivity index (χ3n) is 10.2. The topological polar surface area (TPSA) is 16.4 Å². The second kappa shape index (κ2) is 12.5. The van der Waals surface area contributed by atoms with Gasteiger partial charge in [-0.15, -0.1) is 0 Å². The summed E-state index contributed by atoms with van der Waals surface area (Å²) >= 11 is 0. The molecule has 244 valence electrons. The third kappa shape index (κ3) is 5.39. The average molecular weight is 664 g/mol. The van der Waals surface area contributed by atoms with Gasteiger partial charge >= 0.3 is 0 Å². The Balaban J connectivity index is 1.03. The van der Waals surface area contributed by atoms with E-state index in [0.717, 1.165) is 39.0 Å². The summed E-state index contributed by atoms with van der Waals surface area (Å²) < 4.78 is 6.21. The molecule has 0 aliphatic rings. The second-order valence-corrected chi connectivity index (χ2v) is 13.4. The molecule has 0 atom stereocenters. The van der Waals surface area contributed by atoms with Gasteiger partial charge in [-0.3, -0.25) is 0 Å². The van der Waals surface area contributed by atoms with Crippen molar-refractivity contribution in [2.24, 2.45) is 0 Å². The van der Waals surface area contributed by atoms with Gasteiger partial charge in [-0.25, -0.2) is 0 Å². The monoisotopic (exact) mass is 663 g/mol. The van der Waals surface area contributed by atoms with Crippen LogP contribution in [0.2, 0.25) is 0 Å². The van der Waals surface area contributed by atoms with Gasteiger partial charge in [-0.1, -0.05) is 133 Å². The third-order valence-corrected chi connectivity index (χ3v) is 10.2. The largest absolute Gasteiger partial charge is 0.456 e. The molecule has 1 heterocycles. The van der Waals surface area contributed by atoms with E-state index in [-0.39, 0.29) is 0 Å². The van der Waals surface area contributed by atoms with Crippen LogP contribution < -0.4 is 4.90 Å². The fraction of sp³-hybridized carbons (Fsp3) is 0. The lowest BCUT2D eigenvalue weighted by Gasteiger charge is -2.26. The Morgan fingerprint density at radius 1 is 0.269 bits per heavy atom. The number of hydrogen-bond donors (Lipinski definition) is 0. The van der Waals surface area contributed by atoms with Crippen LogP contribution in [0.4, 0.5) is 17.1 Å². The number of fused-ring (bicyclic) bond motifs is 5. The van der Waals surface area contributed by atoms with Crippen LogP contribution in [0.15, 0.2) is 205 Å². The first-order valence-corrected chi connectivity index (χ1v) is 17.7. The first kappa shape index (κ1) is 30.0. The van der Waals surface area contributed by atoms with Gasteiger partial charge < -0.3 is 9.32 Å². The maximum atomic E-state index is 6.21. The Hall–Kier alpha value is -6.90. The normalized spacial score (nSPS) is 11.5. The van der Waals surface area contributed by atoms with Crippen LogP contribution in [0.3, 0.4) is 0 Å². The summed E-state index contributed by atoms with van der Waals surface area (Å²) in [6.07, 6.45) is 0. The Labute approximate surface area is 302 Å². The molecule has 0 fully saturated rings. The molecule has 2 heteroatoms. The van der Waals surface area contributed by atoms with Crippen LogP contribution in [0, 0.1) is 0 Å². The van der Waals surface area contributed by atoms with Gasteiger partial charge in [-0.2, -0.15) is 0 Å². The minimum Gasteiger partial charge on any atom is -0.456 e. The molecule has 0 bridgehead atoms. The van der Waals surface area contributed by atoms with Crippen molar-refractivity contribution in [3.05, 3.63) is 200 Å². The highest BCUT2D eigenvalue weighted by Gasteiger charge is 2.15. The van der Waals surface area contributed by atoms with Crippen LogP contribution in [0.5, 0.6) is 0 Å². The summed E-state index contributed by atoms with van der Waals surface area (Å²) in [7, 11) is 0. The van der Waals surface area contributed by atoms with Gasteiger partial charge in [0, 0.05) is 27.8 Å². The van der Waals surface area contributed by atoms with Crippen LogP contribution >= 0.6 is 0 Å². The van der Waals surface area contributed by atoms with Crippen LogP contribution in [-0.2, 0) is 0 Å². The van der Waals surface area contributed by atoms with Gasteiger partial charge in [0.2, 0.25) is 0 Å². The van der Waals surface area contributed by atoms with E-state index in [4.69, 9.17) is 4.42 Å². The van der Waals surface area contributed by atoms with Crippen molar-refractivity contribution >= 4 is 60.5 Å². The number of hydrogen-bond acceptors (Lipinski definition) is 2. The number of nitrogens with zero attached hydrogens (tertiary/aromatic N) is 1. The number of anilines is 3. The molecule has 0 saturated carbocycles. The van der Waals surface area contributed by atoms with Gasteiger partial charge in [0.25, 0.3) is 0 Å². The number of para-hydroxylation sites is 1. The lowest BCUT2D eigenvalue weighted by atomic mass is 9.99. The predicted molar refractivity (Wildman–Crippen MR) is 220 cm³/mol. The summed E-state index contributed by atoms with van der Waals surface area (Å²) in [5.41, 5.74) is 12.3. The smallest absolute Gasteiger partial charge is 0.136 e. The van der Waals surface area contributed by atoms with E-state index in [1.807, 2.05) is 12.1 Å². The van der Waals surface area contributed by atoms with E-state index in [1.54, 1.807) is 0 Å². The molecule has 10 aromatic rings. The molecule has 2 nitrogen and oxygen atoms in total. The molecule has 0 unspecified atom stereocenters. The van der Waals surface area contributed by atoms with Gasteiger partial charge in [0.05, 0.1) is 0 Å². The van der Waals surface area contributed by atoms with E-state index >= 15 is 0 Å². The lowest BCUT2D eigenvalue weighted by molar-refractivity contribution is 0.669. The molecule has 1 aromatic heterocycles. The van der Waals surface area contributed by atoms with Gasteiger partial charge in [-0.05, 0) is 122 Å². The summed E-state index contributed by atoms with van der Waals surface area (Å²) in [6, 6.07) is 71.8. The minimum absolute atomic E-state index is 0.918. The molecular weight excluding hydrogens is 631 g/mol. The van der Waals surface area contributed by atoms with E-state index < -0.39 is 0 Å². The molecule has 0 radical (unpaired) electrons. The Morgan fingerprint density at radius 3 is 1.56 bits per heavy atom. The van der Waals surface area contributed by atoms with E-state index in [9.17, 15) is 0 Å². The van der Waals surface area contributed by atoms with Crippen molar-refractivity contribution < 1.29 is 4.42 Å². The number of benzene rings is 9. The molecular formula is C50H33NO. The summed E-state index contributed by atoms with van der Waals surface area (Å²) in [4.78, 5) is 2.35. The molecule has 0 aliphatic heterocycles. The van der Waals surface area contributed by atoms with Gasteiger partial charge in [0.1, 0.15) is 11.2 Å². The molecule has 0 N–H and O–H groups in total. The van der Waals surface area contributed by atoms with E-state index in [0.29, 0.717) is 0 Å². The maximum absolute atomic E-state index is 6.21. The Kier molecular flexibility index (Phi) is 7.18. The lowest BCUT2D eigenvalue weighted by Crippen LogP contribution is -2.10. The van der Waals surface area contributed by atoms with Crippen molar-refractivity contribution in [2.45, 2.75) is 0 Å². The zero-order valence-electron chi connectivity index (χ0n) is 28.4. The molecule has 9 aromatic carbocycles. The summed E-state index contributed by atoms with van der Waals surface area (Å²) in [5, 5.41) is 7.18. The fourth-order valence-corrected chi connectivity index (χ4v) is 7.53. The maximum Gasteiger partial charge on any atom is 0.136 e. The molecule has 0 spiro atoms. The minimum atomic E-state index is 0.918. The van der Waals surface area contributed by atoms with E-state index in [1.165, 1.54) is 54.9 Å². The zero-order valence-corrected chi connectivity index (χ0v) is 28.4. The SMILES string of the molecule is c1ccc(-c2cccc(N(c3ccc(-c4ccc5ccccc5c4)cc3)c3ccc(-c4ccc5cc6c(cc5c4)oc4ccccc46)cc3)c2)cc1. The molecule has 52 heavy (non-hydrogen) atoms. The first-order chi connectivity index (χ1) is 25.7. The van der Waals surface area contributed by atoms with Crippen LogP contribution in [0.1, 0.15) is 0 Å². The van der Waals surface area contributed by atoms with Crippen LogP contribution in [-0.4, -0.2) is 0 Å². The Morgan fingerprint density at radius 2 is 0.808 bits per heavy atom. The fourth-order valence-electron chi connectivity index (χ4n) is 7.53. The highest BCUT2D eigenvalue weighted by Crippen LogP contribution is 2.39. The molecule has 10 rings (SSSR count). The van der Waals surface area contributed by atoms with Crippen molar-refractivity contribution in [3.63, 3.8) is 0 Å². The van der Waals surface area contributed by atoms with Crippen molar-refractivity contribution in [2.75, 3.05) is 4.90 Å². The second-order valence-electron chi connectivity index (χ2n) is 13.4. The van der Waals surface area contributed by atoms with Crippen molar-refractivity contribution in [1.82, 2.24) is 0 Å². The van der Waals surface area contributed by atoms with Gasteiger partial charge in [0.15, 0.2) is 0 Å². The molecule has 0 amide bonds. The summed E-state index contributed by atoms with van der Waals surface area (Å²) in [5.74, 6) is 0. The quantitative estimate of drug-likeness (QED) is 0.176. The zero-order chi connectivity index (χ0) is 34.4. The van der Waals surface area contributed by atoms with Crippen molar-refractivity contribution in [1.29, 1.82) is 0 Å². The van der Waals surface area contributed by atoms with Crippen molar-refractivity contribution in [3.8, 4) is 33.4 Å². The number of furan rings is 1. The average Bonchev–Trinajstić information content (AvgIpc) is 3.58. The number of rotatable bonds is 6. The predicted octanol–water partition coefficient (Wildman–Crippen LogP) is 14.4. The molecule has 0 aliphatic carbocycles. The Bertz CT molecular complexity index is 2890. The first-order valence-electron chi connectivity index (χ1n) is 17.7. The van der Waals surface area contributed by atoms with E-state index in [2.05, 4.69) is 193 Å². The standard InChI is InChI=1S/C50H33NO/c1-2-9-34(10-3-1)39-13-8-14-46(31-39)51(44-25-21-36(22-26-44)40-18-17-35-11-4-5-12-38(35)29-40)45-27-23-37(24-28-45)41-19-20-42-32-48-47-15-6-7-16-49(47)52-50(48)33-43(42)30-41/h1-33H. The highest BCUT2D eigenvalue weighted by molar-refractivity contribution is 6.10.